The van der Waals surface area contributed by atoms with E-state index in [4.69, 9.17) is 0 Å². The standard InChI is InChI=1S/C16H15N5OS/c1-11-3-2-4-14(19-11)20-15(22)13-7-5-12(6-8-13)9-23-16-17-10-18-21-16/h2-8,10H,9H2,1H3,(H,17,18,21)(H,19,20,22). The molecule has 0 radical (unpaired) electrons. The molecule has 23 heavy (non-hydrogen) atoms. The van der Waals surface area contributed by atoms with E-state index in [9.17, 15) is 4.79 Å². The summed E-state index contributed by atoms with van der Waals surface area (Å²) in [5, 5.41) is 10.2. The number of carbonyl (C=O) groups excluding carboxylic acids is 1. The molecule has 0 bridgehead atoms. The number of H-pyrrole nitrogens is 1. The third kappa shape index (κ3) is 4.17. The highest BCUT2D eigenvalue weighted by molar-refractivity contribution is 7.98. The Balaban J connectivity index is 1.61. The lowest BCUT2D eigenvalue weighted by molar-refractivity contribution is 0.102. The SMILES string of the molecule is Cc1cccc(NC(=O)c2ccc(CSc3ncn[nH]3)cc2)n1. The largest absolute Gasteiger partial charge is 0.307 e. The minimum Gasteiger partial charge on any atom is -0.307 e. The van der Waals surface area contributed by atoms with Gasteiger partial charge in [-0.3, -0.25) is 9.89 Å². The van der Waals surface area contributed by atoms with Crippen molar-refractivity contribution in [3.8, 4) is 0 Å². The van der Waals surface area contributed by atoms with Crippen LogP contribution in [0.15, 0.2) is 53.9 Å². The number of nitrogens with zero attached hydrogens (tertiary/aromatic N) is 3. The van der Waals surface area contributed by atoms with Crippen molar-refractivity contribution in [3.63, 3.8) is 0 Å². The van der Waals surface area contributed by atoms with Crippen LogP contribution in [0.2, 0.25) is 0 Å². The summed E-state index contributed by atoms with van der Waals surface area (Å²) in [6.07, 6.45) is 1.48. The zero-order valence-corrected chi connectivity index (χ0v) is 13.3. The summed E-state index contributed by atoms with van der Waals surface area (Å²) in [4.78, 5) is 20.5. The molecule has 0 fully saturated rings. The van der Waals surface area contributed by atoms with E-state index in [1.165, 1.54) is 6.33 Å². The summed E-state index contributed by atoms with van der Waals surface area (Å²) in [6, 6.07) is 13.0. The van der Waals surface area contributed by atoms with Gasteiger partial charge in [-0.2, -0.15) is 5.10 Å². The molecule has 6 nitrogen and oxygen atoms in total. The van der Waals surface area contributed by atoms with Gasteiger partial charge in [0.2, 0.25) is 0 Å². The molecule has 116 valence electrons. The van der Waals surface area contributed by atoms with E-state index in [0.29, 0.717) is 11.4 Å². The zero-order valence-electron chi connectivity index (χ0n) is 12.5. The Morgan fingerprint density at radius 2 is 2.04 bits per heavy atom. The Morgan fingerprint density at radius 1 is 1.22 bits per heavy atom. The fourth-order valence-corrected chi connectivity index (χ4v) is 2.70. The monoisotopic (exact) mass is 325 g/mol. The molecule has 0 aliphatic rings. The highest BCUT2D eigenvalue weighted by Crippen LogP contribution is 2.18. The van der Waals surface area contributed by atoms with Crippen molar-refractivity contribution >= 4 is 23.5 Å². The average Bonchev–Trinajstić information content (AvgIpc) is 3.07. The summed E-state index contributed by atoms with van der Waals surface area (Å²) in [5.41, 5.74) is 2.57. The lowest BCUT2D eigenvalue weighted by Gasteiger charge is -2.06. The number of thioether (sulfide) groups is 1. The number of nitrogens with one attached hydrogen (secondary N) is 2. The maximum Gasteiger partial charge on any atom is 0.256 e. The molecule has 1 aromatic carbocycles. The van der Waals surface area contributed by atoms with E-state index in [1.807, 2.05) is 31.2 Å². The molecule has 2 heterocycles. The third-order valence-corrected chi connectivity index (χ3v) is 4.06. The number of aryl methyl sites for hydroxylation is 1. The van der Waals surface area contributed by atoms with Crippen molar-refractivity contribution in [2.45, 2.75) is 17.8 Å². The number of rotatable bonds is 5. The van der Waals surface area contributed by atoms with Crippen LogP contribution in [0.25, 0.3) is 0 Å². The molecular weight excluding hydrogens is 310 g/mol. The van der Waals surface area contributed by atoms with E-state index >= 15 is 0 Å². The Hall–Kier alpha value is -2.67. The minimum atomic E-state index is -0.169. The van der Waals surface area contributed by atoms with Gasteiger partial charge in [0.1, 0.15) is 12.1 Å². The first-order valence-corrected chi connectivity index (χ1v) is 8.01. The molecule has 0 aliphatic carbocycles. The lowest BCUT2D eigenvalue weighted by atomic mass is 10.1. The molecule has 0 atom stereocenters. The van der Waals surface area contributed by atoms with Crippen molar-refractivity contribution in [1.29, 1.82) is 0 Å². The Morgan fingerprint density at radius 3 is 2.74 bits per heavy atom. The van der Waals surface area contributed by atoms with Gasteiger partial charge in [0.05, 0.1) is 0 Å². The second-order valence-corrected chi connectivity index (χ2v) is 5.86. The highest BCUT2D eigenvalue weighted by Gasteiger charge is 2.07. The average molecular weight is 325 g/mol. The van der Waals surface area contributed by atoms with Crippen LogP contribution in [0.4, 0.5) is 5.82 Å². The number of benzene rings is 1. The summed E-state index contributed by atoms with van der Waals surface area (Å²) < 4.78 is 0. The topological polar surface area (TPSA) is 83.6 Å². The van der Waals surface area contributed by atoms with Gasteiger partial charge in [-0.1, -0.05) is 30.0 Å². The Kier molecular flexibility index (Phi) is 4.68. The number of aromatic amines is 1. The van der Waals surface area contributed by atoms with Crippen LogP contribution in [0.3, 0.4) is 0 Å². The summed E-state index contributed by atoms with van der Waals surface area (Å²) in [7, 11) is 0. The van der Waals surface area contributed by atoms with Gasteiger partial charge >= 0.3 is 0 Å². The molecule has 3 aromatic rings. The van der Waals surface area contributed by atoms with Gasteiger partial charge in [-0.25, -0.2) is 9.97 Å². The summed E-state index contributed by atoms with van der Waals surface area (Å²) in [6.45, 7) is 1.89. The van der Waals surface area contributed by atoms with Crippen molar-refractivity contribution in [2.75, 3.05) is 5.32 Å². The third-order valence-electron chi connectivity index (χ3n) is 3.11. The molecule has 3 rings (SSSR count). The molecule has 2 aromatic heterocycles. The molecular formula is C16H15N5OS. The van der Waals surface area contributed by atoms with Crippen LogP contribution in [-0.2, 0) is 5.75 Å². The minimum absolute atomic E-state index is 0.169. The van der Waals surface area contributed by atoms with Crippen LogP contribution in [-0.4, -0.2) is 26.1 Å². The molecule has 7 heteroatoms. The number of hydrogen-bond acceptors (Lipinski definition) is 5. The lowest BCUT2D eigenvalue weighted by Crippen LogP contribution is -2.13. The number of pyridine rings is 1. The van der Waals surface area contributed by atoms with Crippen molar-refractivity contribution in [2.24, 2.45) is 0 Å². The van der Waals surface area contributed by atoms with Crippen molar-refractivity contribution in [3.05, 3.63) is 65.6 Å². The maximum absolute atomic E-state index is 12.2. The Labute approximate surface area is 137 Å². The van der Waals surface area contributed by atoms with Gasteiger partial charge in [-0.15, -0.1) is 0 Å². The molecule has 2 N–H and O–H groups in total. The first-order chi connectivity index (χ1) is 11.2. The number of hydrogen-bond donors (Lipinski definition) is 2. The molecule has 0 unspecified atom stereocenters. The quantitative estimate of drug-likeness (QED) is 0.704. The number of anilines is 1. The fraction of sp³-hybridized carbons (Fsp3) is 0.125. The molecule has 0 aliphatic heterocycles. The van der Waals surface area contributed by atoms with Crippen LogP contribution in [0, 0.1) is 6.92 Å². The highest BCUT2D eigenvalue weighted by atomic mass is 32.2. The molecule has 0 saturated carbocycles. The van der Waals surface area contributed by atoms with Gasteiger partial charge in [-0.05, 0) is 36.8 Å². The Bertz CT molecular complexity index is 786. The summed E-state index contributed by atoms with van der Waals surface area (Å²) in [5.74, 6) is 1.15. The normalized spacial score (nSPS) is 10.5. The van der Waals surface area contributed by atoms with E-state index < -0.39 is 0 Å². The van der Waals surface area contributed by atoms with Crippen molar-refractivity contribution < 1.29 is 4.79 Å². The van der Waals surface area contributed by atoms with Gasteiger partial charge in [0.25, 0.3) is 5.91 Å². The van der Waals surface area contributed by atoms with Crippen molar-refractivity contribution in [1.82, 2.24) is 20.2 Å². The predicted molar refractivity (Wildman–Crippen MR) is 89.3 cm³/mol. The number of aromatic nitrogens is 4. The van der Waals surface area contributed by atoms with E-state index in [-0.39, 0.29) is 5.91 Å². The van der Waals surface area contributed by atoms with E-state index in [2.05, 4.69) is 25.5 Å². The summed E-state index contributed by atoms with van der Waals surface area (Å²) >= 11 is 1.56. The second kappa shape index (κ2) is 7.06. The van der Waals surface area contributed by atoms with Gasteiger partial charge in [0, 0.05) is 17.0 Å². The number of carbonyl (C=O) groups is 1. The van der Waals surface area contributed by atoms with E-state index in [0.717, 1.165) is 22.2 Å². The predicted octanol–water partition coefficient (Wildman–Crippen LogP) is 3.05. The second-order valence-electron chi connectivity index (χ2n) is 4.89. The first-order valence-electron chi connectivity index (χ1n) is 7.03. The zero-order chi connectivity index (χ0) is 16.1. The first kappa shape index (κ1) is 15.2. The number of amides is 1. The maximum atomic E-state index is 12.2. The molecule has 0 spiro atoms. The van der Waals surface area contributed by atoms with Crippen LogP contribution in [0.1, 0.15) is 21.6 Å². The molecule has 1 amide bonds. The van der Waals surface area contributed by atoms with Crippen LogP contribution in [0.5, 0.6) is 0 Å². The smallest absolute Gasteiger partial charge is 0.256 e. The fourth-order valence-electron chi connectivity index (χ4n) is 1.97. The molecule has 0 saturated heterocycles. The van der Waals surface area contributed by atoms with Crippen LogP contribution < -0.4 is 5.32 Å². The van der Waals surface area contributed by atoms with Crippen LogP contribution >= 0.6 is 11.8 Å². The van der Waals surface area contributed by atoms with Gasteiger partial charge in [0.15, 0.2) is 5.16 Å². The van der Waals surface area contributed by atoms with E-state index in [1.54, 1.807) is 30.0 Å². The van der Waals surface area contributed by atoms with Gasteiger partial charge < -0.3 is 5.32 Å².